The molecule has 1 aliphatic heterocycles. The molecule has 1 aromatic carbocycles. The van der Waals surface area contributed by atoms with Crippen LogP contribution in [0.2, 0.25) is 0 Å². The van der Waals surface area contributed by atoms with Crippen molar-refractivity contribution in [3.05, 3.63) is 47.6 Å². The molecule has 25 heavy (non-hydrogen) atoms. The maximum absolute atomic E-state index is 13.5. The number of carbonyl (C=O) groups excluding carboxylic acids is 1. The average Bonchev–Trinajstić information content (AvgIpc) is 3.09. The number of likely N-dealkylation sites (tertiary alicyclic amines) is 1. The molecule has 2 heterocycles. The van der Waals surface area contributed by atoms with Gasteiger partial charge in [-0.1, -0.05) is 17.3 Å². The zero-order valence-electron chi connectivity index (χ0n) is 13.4. The Bertz CT molecular complexity index is 768. The van der Waals surface area contributed by atoms with Gasteiger partial charge in [-0.2, -0.15) is 0 Å². The van der Waals surface area contributed by atoms with E-state index in [2.05, 4.69) is 5.16 Å². The van der Waals surface area contributed by atoms with E-state index in [-0.39, 0.29) is 24.0 Å². The van der Waals surface area contributed by atoms with Gasteiger partial charge in [0.05, 0.1) is 5.92 Å². The normalized spacial score (nSPS) is 15.2. The summed E-state index contributed by atoms with van der Waals surface area (Å²) in [5, 5.41) is 12.7. The first-order chi connectivity index (χ1) is 12.0. The molecule has 1 amide bonds. The second-order valence-corrected chi connectivity index (χ2v) is 5.80. The fourth-order valence-corrected chi connectivity index (χ4v) is 2.68. The zero-order chi connectivity index (χ0) is 17.8. The van der Waals surface area contributed by atoms with Crippen molar-refractivity contribution < 1.29 is 28.3 Å². The lowest BCUT2D eigenvalue weighted by molar-refractivity contribution is -0.143. The van der Waals surface area contributed by atoms with Crippen LogP contribution in [0, 0.1) is 11.7 Å². The first-order valence-corrected chi connectivity index (χ1v) is 7.89. The molecule has 2 aromatic rings. The van der Waals surface area contributed by atoms with Gasteiger partial charge >= 0.3 is 5.97 Å². The molecule has 1 N–H and O–H groups in total. The lowest BCUT2D eigenvalue weighted by Gasteiger charge is -2.29. The number of ether oxygens (including phenoxy) is 1. The van der Waals surface area contributed by atoms with Gasteiger partial charge in [-0.05, 0) is 25.0 Å². The molecule has 3 rings (SSSR count). The van der Waals surface area contributed by atoms with E-state index in [0.717, 1.165) is 0 Å². The third kappa shape index (κ3) is 3.96. The van der Waals surface area contributed by atoms with E-state index in [1.54, 1.807) is 17.0 Å². The van der Waals surface area contributed by atoms with E-state index < -0.39 is 17.7 Å². The molecule has 0 radical (unpaired) electrons. The van der Waals surface area contributed by atoms with E-state index in [4.69, 9.17) is 14.4 Å². The van der Waals surface area contributed by atoms with Gasteiger partial charge in [0.15, 0.2) is 23.0 Å². The molecule has 0 saturated carbocycles. The number of hydrogen-bond acceptors (Lipinski definition) is 5. The number of amides is 1. The summed E-state index contributed by atoms with van der Waals surface area (Å²) in [6.45, 7) is 0.676. The molecule has 0 spiro atoms. The minimum Gasteiger partial charge on any atom is -0.482 e. The van der Waals surface area contributed by atoms with E-state index in [0.29, 0.717) is 31.7 Å². The van der Waals surface area contributed by atoms with Crippen LogP contribution in [0.3, 0.4) is 0 Å². The summed E-state index contributed by atoms with van der Waals surface area (Å²) in [7, 11) is 0. The van der Waals surface area contributed by atoms with Crippen molar-refractivity contribution in [2.75, 3.05) is 13.1 Å². The maximum Gasteiger partial charge on any atom is 0.306 e. The second-order valence-electron chi connectivity index (χ2n) is 5.80. The highest BCUT2D eigenvalue weighted by atomic mass is 19.1. The first-order valence-electron chi connectivity index (χ1n) is 7.89. The topological polar surface area (TPSA) is 92.9 Å². The molecule has 0 aliphatic carbocycles. The van der Waals surface area contributed by atoms with Crippen LogP contribution in [0.25, 0.3) is 0 Å². The van der Waals surface area contributed by atoms with E-state index in [1.807, 2.05) is 0 Å². The number of carbonyl (C=O) groups is 2. The molecule has 1 aliphatic rings. The molecular formula is C17H17FN2O5. The Balaban J connectivity index is 1.57. The number of rotatable bonds is 5. The Morgan fingerprint density at radius 3 is 2.72 bits per heavy atom. The van der Waals surface area contributed by atoms with Gasteiger partial charge in [-0.15, -0.1) is 0 Å². The van der Waals surface area contributed by atoms with E-state index >= 15 is 0 Å². The minimum atomic E-state index is -0.832. The molecule has 0 atom stereocenters. The number of aromatic nitrogens is 1. The van der Waals surface area contributed by atoms with Crippen LogP contribution in [-0.4, -0.2) is 40.1 Å². The molecule has 0 bridgehead atoms. The number of piperidine rings is 1. The summed E-state index contributed by atoms with van der Waals surface area (Å²) in [4.78, 5) is 24.9. The van der Waals surface area contributed by atoms with Crippen LogP contribution in [0.5, 0.6) is 5.75 Å². The average molecular weight is 348 g/mol. The van der Waals surface area contributed by atoms with Gasteiger partial charge in [0.25, 0.3) is 5.91 Å². The molecule has 1 aromatic heterocycles. The number of hydrogen-bond donors (Lipinski definition) is 1. The van der Waals surface area contributed by atoms with Gasteiger partial charge in [0, 0.05) is 19.2 Å². The lowest BCUT2D eigenvalue weighted by Crippen LogP contribution is -2.40. The molecule has 1 saturated heterocycles. The number of halogens is 1. The largest absolute Gasteiger partial charge is 0.482 e. The highest BCUT2D eigenvalue weighted by Gasteiger charge is 2.28. The van der Waals surface area contributed by atoms with E-state index in [1.165, 1.54) is 18.2 Å². The number of nitrogens with zero attached hydrogens (tertiary/aromatic N) is 2. The molecule has 0 unspecified atom stereocenters. The van der Waals surface area contributed by atoms with Crippen molar-refractivity contribution in [2.24, 2.45) is 5.92 Å². The molecule has 132 valence electrons. The van der Waals surface area contributed by atoms with Gasteiger partial charge in [0.2, 0.25) is 0 Å². The Labute approximate surface area is 143 Å². The smallest absolute Gasteiger partial charge is 0.306 e. The highest BCUT2D eigenvalue weighted by Crippen LogP contribution is 2.20. The standard InChI is InChI=1S/C17H17FN2O5/c18-13-3-1-2-4-15(13)24-10-12-9-14(19-25-12)16(21)20-7-5-11(6-8-20)17(22)23/h1-4,9,11H,5-8,10H2,(H,22,23). The fraction of sp³-hybridized carbons (Fsp3) is 0.353. The number of aliphatic carboxylic acids is 1. The summed E-state index contributed by atoms with van der Waals surface area (Å²) in [5.41, 5.74) is 0.126. The Kier molecular flexibility index (Phi) is 4.97. The fourth-order valence-electron chi connectivity index (χ4n) is 2.68. The molecular weight excluding hydrogens is 331 g/mol. The van der Waals surface area contributed by atoms with Crippen LogP contribution in [0.15, 0.2) is 34.9 Å². The predicted octanol–water partition coefficient (Wildman–Crippen LogP) is 2.33. The van der Waals surface area contributed by atoms with Crippen molar-refractivity contribution in [1.29, 1.82) is 0 Å². The number of benzene rings is 1. The van der Waals surface area contributed by atoms with Gasteiger partial charge in [0.1, 0.15) is 6.61 Å². The van der Waals surface area contributed by atoms with E-state index in [9.17, 15) is 14.0 Å². The minimum absolute atomic E-state index is 0.0533. The molecule has 7 nitrogen and oxygen atoms in total. The maximum atomic E-state index is 13.5. The van der Waals surface area contributed by atoms with Gasteiger partial charge in [-0.25, -0.2) is 4.39 Å². The van der Waals surface area contributed by atoms with Crippen LogP contribution < -0.4 is 4.74 Å². The Morgan fingerprint density at radius 1 is 1.32 bits per heavy atom. The van der Waals surface area contributed by atoms with Crippen LogP contribution in [0.4, 0.5) is 4.39 Å². The van der Waals surface area contributed by atoms with Gasteiger partial charge in [-0.3, -0.25) is 9.59 Å². The van der Waals surface area contributed by atoms with Crippen molar-refractivity contribution in [2.45, 2.75) is 19.4 Å². The second kappa shape index (κ2) is 7.33. The molecule has 1 fully saturated rings. The monoisotopic (exact) mass is 348 g/mol. The predicted molar refractivity (Wildman–Crippen MR) is 83.5 cm³/mol. The number of para-hydroxylation sites is 1. The number of carboxylic acid groups (broad SMARTS) is 1. The zero-order valence-corrected chi connectivity index (χ0v) is 13.4. The SMILES string of the molecule is O=C(O)C1CCN(C(=O)c2cc(COc3ccccc3F)on2)CC1. The third-order valence-corrected chi connectivity index (χ3v) is 4.12. The summed E-state index contributed by atoms with van der Waals surface area (Å²) in [6, 6.07) is 7.43. The van der Waals surface area contributed by atoms with Crippen molar-refractivity contribution >= 4 is 11.9 Å². The molecule has 8 heteroatoms. The quantitative estimate of drug-likeness (QED) is 0.891. The number of carboxylic acids is 1. The van der Waals surface area contributed by atoms with Gasteiger partial charge < -0.3 is 19.3 Å². The first kappa shape index (κ1) is 16.9. The Hall–Kier alpha value is -2.90. The van der Waals surface area contributed by atoms with Crippen LogP contribution >= 0.6 is 0 Å². The van der Waals surface area contributed by atoms with Crippen LogP contribution in [-0.2, 0) is 11.4 Å². The van der Waals surface area contributed by atoms with Crippen molar-refractivity contribution in [3.63, 3.8) is 0 Å². The van der Waals surface area contributed by atoms with Crippen LogP contribution in [0.1, 0.15) is 29.1 Å². The summed E-state index contributed by atoms with van der Waals surface area (Å²) >= 11 is 0. The highest BCUT2D eigenvalue weighted by molar-refractivity contribution is 5.92. The van der Waals surface area contributed by atoms with Crippen molar-refractivity contribution in [3.8, 4) is 5.75 Å². The summed E-state index contributed by atoms with van der Waals surface area (Å²) in [5.74, 6) is -1.66. The lowest BCUT2D eigenvalue weighted by atomic mass is 9.97. The van der Waals surface area contributed by atoms with Crippen molar-refractivity contribution in [1.82, 2.24) is 10.1 Å². The Morgan fingerprint density at radius 2 is 2.04 bits per heavy atom. The third-order valence-electron chi connectivity index (χ3n) is 4.12. The summed E-state index contributed by atoms with van der Waals surface area (Å²) in [6.07, 6.45) is 0.838. The summed E-state index contributed by atoms with van der Waals surface area (Å²) < 4.78 is 23.8.